The fraction of sp³-hybridized carbons (Fsp3) is 0.182. The molecule has 3 rings (SSSR count). The van der Waals surface area contributed by atoms with Gasteiger partial charge >= 0.3 is 0 Å². The van der Waals surface area contributed by atoms with Gasteiger partial charge < -0.3 is 5.73 Å². The molecule has 3 aromatic heterocycles. The molecule has 0 radical (unpaired) electrons. The summed E-state index contributed by atoms with van der Waals surface area (Å²) >= 11 is 3.15. The van der Waals surface area contributed by atoms with E-state index in [-0.39, 0.29) is 6.04 Å². The third-order valence-electron chi connectivity index (χ3n) is 2.38. The molecule has 3 heterocycles. The monoisotopic (exact) mass is 277 g/mol. The van der Waals surface area contributed by atoms with E-state index >= 15 is 0 Å². The minimum Gasteiger partial charge on any atom is -0.322 e. The summed E-state index contributed by atoms with van der Waals surface area (Å²) in [5.74, 6) is 1.39. The summed E-state index contributed by atoms with van der Waals surface area (Å²) in [6, 6.07) is 3.93. The zero-order chi connectivity index (χ0) is 12.5. The van der Waals surface area contributed by atoms with Crippen molar-refractivity contribution in [2.45, 2.75) is 13.0 Å². The number of nitrogens with zero attached hydrogens (tertiary/aromatic N) is 3. The van der Waals surface area contributed by atoms with Crippen LogP contribution < -0.4 is 5.73 Å². The van der Waals surface area contributed by atoms with Crippen LogP contribution in [-0.2, 0) is 0 Å². The third-order valence-corrected chi connectivity index (χ3v) is 4.30. The van der Waals surface area contributed by atoms with E-state index in [0.717, 1.165) is 21.4 Å². The molecule has 0 aromatic carbocycles. The van der Waals surface area contributed by atoms with Crippen LogP contribution in [0.4, 0.5) is 0 Å². The van der Waals surface area contributed by atoms with Crippen LogP contribution in [0, 0.1) is 0 Å². The summed E-state index contributed by atoms with van der Waals surface area (Å²) < 4.78 is 0. The Labute approximate surface area is 112 Å². The molecule has 5 nitrogen and oxygen atoms in total. The molecule has 18 heavy (non-hydrogen) atoms. The lowest BCUT2D eigenvalue weighted by Crippen LogP contribution is -2.03. The van der Waals surface area contributed by atoms with Gasteiger partial charge in [-0.25, -0.2) is 9.97 Å². The highest BCUT2D eigenvalue weighted by Crippen LogP contribution is 2.25. The zero-order valence-electron chi connectivity index (χ0n) is 9.62. The number of thiazole rings is 1. The second kappa shape index (κ2) is 4.60. The van der Waals surface area contributed by atoms with Crippen molar-refractivity contribution in [2.24, 2.45) is 5.73 Å². The summed E-state index contributed by atoms with van der Waals surface area (Å²) in [6.07, 6.45) is 0. The molecule has 0 saturated carbocycles. The highest BCUT2D eigenvalue weighted by molar-refractivity contribution is 7.13. The maximum Gasteiger partial charge on any atom is 0.200 e. The van der Waals surface area contributed by atoms with Gasteiger partial charge in [-0.15, -0.1) is 22.7 Å². The van der Waals surface area contributed by atoms with Crippen LogP contribution >= 0.6 is 22.7 Å². The molecule has 92 valence electrons. The van der Waals surface area contributed by atoms with E-state index in [4.69, 9.17) is 5.73 Å². The molecule has 0 amide bonds. The van der Waals surface area contributed by atoms with Crippen LogP contribution in [0.15, 0.2) is 22.9 Å². The Morgan fingerprint density at radius 1 is 1.33 bits per heavy atom. The van der Waals surface area contributed by atoms with Gasteiger partial charge in [0.15, 0.2) is 5.82 Å². The van der Waals surface area contributed by atoms with E-state index in [0.29, 0.717) is 5.82 Å². The van der Waals surface area contributed by atoms with Gasteiger partial charge in [-0.05, 0) is 18.4 Å². The van der Waals surface area contributed by atoms with Gasteiger partial charge in [-0.3, -0.25) is 5.10 Å². The minimum atomic E-state index is -0.0561. The molecule has 0 aliphatic carbocycles. The fourth-order valence-electron chi connectivity index (χ4n) is 1.50. The topological polar surface area (TPSA) is 80.5 Å². The Balaban J connectivity index is 1.93. The number of nitrogens with one attached hydrogen (secondary N) is 1. The summed E-state index contributed by atoms with van der Waals surface area (Å²) in [5, 5.41) is 12.0. The van der Waals surface area contributed by atoms with E-state index in [1.165, 1.54) is 11.3 Å². The Hall–Kier alpha value is -1.57. The van der Waals surface area contributed by atoms with Crippen LogP contribution in [0.1, 0.15) is 18.0 Å². The average Bonchev–Trinajstić information content (AvgIpc) is 3.10. The molecule has 3 N–H and O–H groups in total. The van der Waals surface area contributed by atoms with E-state index < -0.39 is 0 Å². The van der Waals surface area contributed by atoms with Crippen molar-refractivity contribution in [3.63, 3.8) is 0 Å². The number of thiophene rings is 1. The highest BCUT2D eigenvalue weighted by Gasteiger charge is 2.13. The molecule has 0 aliphatic heterocycles. The minimum absolute atomic E-state index is 0.0561. The Morgan fingerprint density at radius 3 is 2.89 bits per heavy atom. The maximum absolute atomic E-state index is 5.79. The van der Waals surface area contributed by atoms with Crippen molar-refractivity contribution < 1.29 is 0 Å². The number of H-pyrrole nitrogens is 1. The first kappa shape index (κ1) is 11.5. The maximum atomic E-state index is 5.79. The quantitative estimate of drug-likeness (QED) is 0.771. The molecule has 0 spiro atoms. The van der Waals surface area contributed by atoms with Gasteiger partial charge in [-0.2, -0.15) is 5.10 Å². The SMILES string of the molecule is CC(N)c1nc(-c2n[nH]c(-c3cccs3)n2)cs1. The van der Waals surface area contributed by atoms with Gasteiger partial charge in [0.1, 0.15) is 10.7 Å². The summed E-state index contributed by atoms with van der Waals surface area (Å²) in [7, 11) is 0. The Kier molecular flexibility index (Phi) is 2.94. The van der Waals surface area contributed by atoms with Gasteiger partial charge in [-0.1, -0.05) is 6.07 Å². The van der Waals surface area contributed by atoms with Crippen molar-refractivity contribution in [1.29, 1.82) is 0 Å². The molecular weight excluding hydrogens is 266 g/mol. The van der Waals surface area contributed by atoms with Crippen LogP contribution in [0.2, 0.25) is 0 Å². The standard InChI is InChI=1S/C11H11N5S2/c1-6(12)11-13-7(5-18-11)9-14-10(16-15-9)8-3-2-4-17-8/h2-6H,12H2,1H3,(H,14,15,16). The van der Waals surface area contributed by atoms with Crippen molar-refractivity contribution in [3.05, 3.63) is 27.9 Å². The largest absolute Gasteiger partial charge is 0.322 e. The molecule has 0 aliphatic rings. The third kappa shape index (κ3) is 2.07. The van der Waals surface area contributed by atoms with Crippen LogP contribution in [0.5, 0.6) is 0 Å². The first-order chi connectivity index (χ1) is 8.74. The molecule has 0 fully saturated rings. The zero-order valence-corrected chi connectivity index (χ0v) is 11.3. The first-order valence-electron chi connectivity index (χ1n) is 5.41. The predicted molar refractivity (Wildman–Crippen MR) is 73.4 cm³/mol. The first-order valence-corrected chi connectivity index (χ1v) is 7.17. The molecular formula is C11H11N5S2. The number of nitrogens with two attached hydrogens (primary N) is 1. The van der Waals surface area contributed by atoms with E-state index in [2.05, 4.69) is 20.2 Å². The predicted octanol–water partition coefficient (Wildman–Crippen LogP) is 2.68. The van der Waals surface area contributed by atoms with E-state index in [1.807, 2.05) is 29.8 Å². The Morgan fingerprint density at radius 2 is 2.22 bits per heavy atom. The van der Waals surface area contributed by atoms with Gasteiger partial charge in [0.2, 0.25) is 5.82 Å². The lowest BCUT2D eigenvalue weighted by molar-refractivity contribution is 0.807. The van der Waals surface area contributed by atoms with Crippen molar-refractivity contribution in [3.8, 4) is 22.2 Å². The molecule has 0 saturated heterocycles. The van der Waals surface area contributed by atoms with Crippen LogP contribution in [-0.4, -0.2) is 20.2 Å². The second-order valence-corrected chi connectivity index (χ2v) is 5.68. The number of hydrogen-bond donors (Lipinski definition) is 2. The lowest BCUT2D eigenvalue weighted by Gasteiger charge is -1.95. The summed E-state index contributed by atoms with van der Waals surface area (Å²) in [6.45, 7) is 1.91. The van der Waals surface area contributed by atoms with Gasteiger partial charge in [0.05, 0.1) is 10.9 Å². The number of aromatic amines is 1. The molecule has 1 unspecified atom stereocenters. The lowest BCUT2D eigenvalue weighted by atomic mass is 10.4. The summed E-state index contributed by atoms with van der Waals surface area (Å²) in [4.78, 5) is 9.94. The van der Waals surface area contributed by atoms with Crippen LogP contribution in [0.25, 0.3) is 22.2 Å². The van der Waals surface area contributed by atoms with Crippen molar-refractivity contribution >= 4 is 22.7 Å². The number of rotatable bonds is 3. The van der Waals surface area contributed by atoms with E-state index in [9.17, 15) is 0 Å². The van der Waals surface area contributed by atoms with Crippen LogP contribution in [0.3, 0.4) is 0 Å². The van der Waals surface area contributed by atoms with Crippen molar-refractivity contribution in [2.75, 3.05) is 0 Å². The van der Waals surface area contributed by atoms with E-state index in [1.54, 1.807) is 11.3 Å². The number of hydrogen-bond acceptors (Lipinski definition) is 6. The number of aromatic nitrogens is 4. The summed E-state index contributed by atoms with van der Waals surface area (Å²) in [5.41, 5.74) is 6.56. The fourth-order valence-corrected chi connectivity index (χ4v) is 2.92. The van der Waals surface area contributed by atoms with Gasteiger partial charge in [0, 0.05) is 5.38 Å². The second-order valence-electron chi connectivity index (χ2n) is 3.84. The molecule has 1 atom stereocenters. The smallest absolute Gasteiger partial charge is 0.200 e. The van der Waals surface area contributed by atoms with Crippen molar-refractivity contribution in [1.82, 2.24) is 20.2 Å². The Bertz CT molecular complexity index is 638. The normalized spacial score (nSPS) is 12.8. The highest BCUT2D eigenvalue weighted by atomic mass is 32.1. The van der Waals surface area contributed by atoms with Gasteiger partial charge in [0.25, 0.3) is 0 Å². The molecule has 3 aromatic rings. The molecule has 0 bridgehead atoms. The average molecular weight is 277 g/mol. The molecule has 7 heteroatoms.